The van der Waals surface area contributed by atoms with Crippen molar-refractivity contribution in [2.75, 3.05) is 0 Å². The number of nitrogens with one attached hydrogen (secondary N) is 1. The summed E-state index contributed by atoms with van der Waals surface area (Å²) in [5.74, 6) is -0.703. The molecule has 0 saturated heterocycles. The molecule has 4 nitrogen and oxygen atoms in total. The third-order valence-corrected chi connectivity index (χ3v) is 1.54. The number of fused-ring (bicyclic) bond motifs is 1. The quantitative estimate of drug-likeness (QED) is 0.603. The summed E-state index contributed by atoms with van der Waals surface area (Å²) in [6, 6.07) is 1.52. The number of nitrogens with zero attached hydrogens (tertiary/aromatic N) is 1. The molecule has 4 heteroatoms. The molecular formula is C9H10N2O2. The van der Waals surface area contributed by atoms with Crippen LogP contribution in [0, 0.1) is 0 Å². The number of carbonyl (C=O) groups excluding carboxylic acids is 2. The topological polar surface area (TPSA) is 59.1 Å². The van der Waals surface area contributed by atoms with Gasteiger partial charge in [-0.3, -0.25) is 19.9 Å². The molecule has 0 unspecified atom stereocenters. The smallest absolute Gasteiger partial charge is 0.260 e. The SMILES string of the molecule is CC.O=C1NC(=O)c2cnccc21. The molecule has 2 rings (SSSR count). The second-order valence-corrected chi connectivity index (χ2v) is 2.20. The Morgan fingerprint density at radius 2 is 1.77 bits per heavy atom. The fourth-order valence-electron chi connectivity index (χ4n) is 1.01. The molecule has 1 aliphatic rings. The molecule has 0 fully saturated rings. The van der Waals surface area contributed by atoms with Gasteiger partial charge in [0, 0.05) is 12.4 Å². The van der Waals surface area contributed by atoms with E-state index in [0.29, 0.717) is 11.1 Å². The van der Waals surface area contributed by atoms with Crippen LogP contribution in [0.15, 0.2) is 18.5 Å². The molecule has 1 aromatic heterocycles. The monoisotopic (exact) mass is 178 g/mol. The minimum absolute atomic E-state index is 0.340. The second-order valence-electron chi connectivity index (χ2n) is 2.20. The maximum Gasteiger partial charge on any atom is 0.260 e. The number of hydrogen-bond acceptors (Lipinski definition) is 3. The van der Waals surface area contributed by atoms with Crippen molar-refractivity contribution in [2.45, 2.75) is 13.8 Å². The minimum Gasteiger partial charge on any atom is -0.288 e. The summed E-state index contributed by atoms with van der Waals surface area (Å²) in [6.07, 6.45) is 2.87. The Labute approximate surface area is 76.0 Å². The van der Waals surface area contributed by atoms with Crippen LogP contribution in [-0.4, -0.2) is 16.8 Å². The fourth-order valence-corrected chi connectivity index (χ4v) is 1.01. The van der Waals surface area contributed by atoms with E-state index in [1.165, 1.54) is 18.5 Å². The van der Waals surface area contributed by atoms with Crippen molar-refractivity contribution in [3.63, 3.8) is 0 Å². The van der Waals surface area contributed by atoms with Gasteiger partial charge in [-0.25, -0.2) is 0 Å². The third kappa shape index (κ3) is 1.56. The molecule has 68 valence electrons. The lowest BCUT2D eigenvalue weighted by molar-refractivity contribution is 0.0879. The number of amides is 2. The van der Waals surface area contributed by atoms with Crippen LogP contribution in [0.25, 0.3) is 0 Å². The molecule has 0 aromatic carbocycles. The zero-order valence-corrected chi connectivity index (χ0v) is 7.50. The Morgan fingerprint density at radius 1 is 1.15 bits per heavy atom. The maximum atomic E-state index is 10.9. The van der Waals surface area contributed by atoms with Crippen molar-refractivity contribution in [1.29, 1.82) is 0 Å². The summed E-state index contributed by atoms with van der Waals surface area (Å²) < 4.78 is 0. The van der Waals surface area contributed by atoms with Crippen LogP contribution in [0.3, 0.4) is 0 Å². The van der Waals surface area contributed by atoms with E-state index in [4.69, 9.17) is 0 Å². The van der Waals surface area contributed by atoms with Gasteiger partial charge in [-0.1, -0.05) is 13.8 Å². The lowest BCUT2D eigenvalue weighted by Gasteiger charge is -1.87. The molecule has 1 N–H and O–H groups in total. The Kier molecular flexibility index (Phi) is 2.74. The van der Waals surface area contributed by atoms with Gasteiger partial charge >= 0.3 is 0 Å². The first-order chi connectivity index (χ1) is 6.29. The van der Waals surface area contributed by atoms with Gasteiger partial charge in [0.05, 0.1) is 11.1 Å². The van der Waals surface area contributed by atoms with Crippen LogP contribution in [0.1, 0.15) is 34.6 Å². The number of pyridine rings is 1. The van der Waals surface area contributed by atoms with Crippen molar-refractivity contribution in [3.8, 4) is 0 Å². The first-order valence-electron chi connectivity index (χ1n) is 4.09. The van der Waals surface area contributed by atoms with Gasteiger partial charge in [-0.2, -0.15) is 0 Å². The predicted molar refractivity (Wildman–Crippen MR) is 47.4 cm³/mol. The van der Waals surface area contributed by atoms with Gasteiger partial charge in [0.1, 0.15) is 0 Å². The highest BCUT2D eigenvalue weighted by Gasteiger charge is 2.25. The van der Waals surface area contributed by atoms with E-state index in [1.807, 2.05) is 13.8 Å². The lowest BCUT2D eigenvalue weighted by Crippen LogP contribution is -2.19. The average Bonchev–Trinajstić information content (AvgIpc) is 2.47. The van der Waals surface area contributed by atoms with E-state index < -0.39 is 0 Å². The van der Waals surface area contributed by atoms with E-state index in [2.05, 4.69) is 10.3 Å². The van der Waals surface area contributed by atoms with Crippen LogP contribution < -0.4 is 5.32 Å². The first-order valence-corrected chi connectivity index (χ1v) is 4.09. The Bertz CT molecular complexity index is 314. The van der Waals surface area contributed by atoms with Gasteiger partial charge in [0.15, 0.2) is 0 Å². The minimum atomic E-state index is -0.363. The largest absolute Gasteiger partial charge is 0.288 e. The van der Waals surface area contributed by atoms with E-state index in [0.717, 1.165) is 0 Å². The van der Waals surface area contributed by atoms with Gasteiger partial charge in [0.2, 0.25) is 0 Å². The van der Waals surface area contributed by atoms with Crippen LogP contribution in [-0.2, 0) is 0 Å². The molecule has 2 heterocycles. The highest BCUT2D eigenvalue weighted by atomic mass is 16.2. The van der Waals surface area contributed by atoms with E-state index in [9.17, 15) is 9.59 Å². The van der Waals surface area contributed by atoms with E-state index >= 15 is 0 Å². The van der Waals surface area contributed by atoms with Gasteiger partial charge in [-0.05, 0) is 6.07 Å². The zero-order valence-electron chi connectivity index (χ0n) is 7.50. The summed E-state index contributed by atoms with van der Waals surface area (Å²) in [5.41, 5.74) is 0.766. The molecule has 0 aliphatic carbocycles. The number of rotatable bonds is 0. The molecular weight excluding hydrogens is 168 g/mol. The van der Waals surface area contributed by atoms with Crippen molar-refractivity contribution < 1.29 is 9.59 Å². The Morgan fingerprint density at radius 3 is 2.38 bits per heavy atom. The molecule has 0 bridgehead atoms. The summed E-state index contributed by atoms with van der Waals surface area (Å²) in [6.45, 7) is 4.00. The first kappa shape index (κ1) is 9.38. The van der Waals surface area contributed by atoms with Gasteiger partial charge in [-0.15, -0.1) is 0 Å². The predicted octanol–water partition coefficient (Wildman–Crippen LogP) is 0.991. The highest BCUT2D eigenvalue weighted by Crippen LogP contribution is 2.12. The fraction of sp³-hybridized carbons (Fsp3) is 0.222. The Hall–Kier alpha value is -1.71. The van der Waals surface area contributed by atoms with Gasteiger partial charge < -0.3 is 0 Å². The van der Waals surface area contributed by atoms with Crippen molar-refractivity contribution in [2.24, 2.45) is 0 Å². The van der Waals surface area contributed by atoms with Crippen LogP contribution >= 0.6 is 0 Å². The summed E-state index contributed by atoms with van der Waals surface area (Å²) in [4.78, 5) is 25.5. The van der Waals surface area contributed by atoms with E-state index in [-0.39, 0.29) is 11.8 Å². The molecule has 1 aromatic rings. The molecule has 2 amide bonds. The molecule has 13 heavy (non-hydrogen) atoms. The standard InChI is InChI=1S/C7H4N2O2.C2H6/c10-6-4-1-2-8-3-5(4)7(11)9-6;1-2/h1-3H,(H,9,10,11);1-2H3. The maximum absolute atomic E-state index is 10.9. The number of hydrogen-bond donors (Lipinski definition) is 1. The number of imide groups is 1. The van der Waals surface area contributed by atoms with Crippen molar-refractivity contribution in [3.05, 3.63) is 29.6 Å². The average molecular weight is 178 g/mol. The van der Waals surface area contributed by atoms with Crippen molar-refractivity contribution >= 4 is 11.8 Å². The van der Waals surface area contributed by atoms with E-state index in [1.54, 1.807) is 0 Å². The number of aromatic nitrogens is 1. The van der Waals surface area contributed by atoms with Crippen LogP contribution in [0.4, 0.5) is 0 Å². The number of carbonyl (C=O) groups is 2. The molecule has 0 radical (unpaired) electrons. The normalized spacial score (nSPS) is 12.8. The van der Waals surface area contributed by atoms with Gasteiger partial charge in [0.25, 0.3) is 11.8 Å². The van der Waals surface area contributed by atoms with Crippen LogP contribution in [0.5, 0.6) is 0 Å². The lowest BCUT2D eigenvalue weighted by atomic mass is 10.2. The summed E-state index contributed by atoms with van der Waals surface area (Å²) in [5, 5.41) is 2.16. The second kappa shape index (κ2) is 3.80. The summed E-state index contributed by atoms with van der Waals surface area (Å²) >= 11 is 0. The Balaban J connectivity index is 0.000000396. The van der Waals surface area contributed by atoms with Crippen molar-refractivity contribution in [1.82, 2.24) is 10.3 Å². The zero-order chi connectivity index (χ0) is 9.84. The molecule has 1 aliphatic heterocycles. The molecule has 0 spiro atoms. The molecule has 0 saturated carbocycles. The highest BCUT2D eigenvalue weighted by molar-refractivity contribution is 6.21. The third-order valence-electron chi connectivity index (χ3n) is 1.54. The summed E-state index contributed by atoms with van der Waals surface area (Å²) in [7, 11) is 0. The molecule has 0 atom stereocenters. The van der Waals surface area contributed by atoms with Crippen LogP contribution in [0.2, 0.25) is 0 Å².